The molecule has 32 heavy (non-hydrogen) atoms. The zero-order valence-electron chi connectivity index (χ0n) is 17.6. The van der Waals surface area contributed by atoms with Crippen molar-refractivity contribution in [1.29, 1.82) is 0 Å². The Morgan fingerprint density at radius 3 is 2.84 bits per heavy atom. The van der Waals surface area contributed by atoms with Gasteiger partial charge in [0.05, 0.1) is 5.69 Å². The number of benzene rings is 1. The van der Waals surface area contributed by atoms with Crippen molar-refractivity contribution in [3.8, 4) is 23.1 Å². The van der Waals surface area contributed by atoms with Crippen LogP contribution in [0.3, 0.4) is 0 Å². The molecule has 0 unspecified atom stereocenters. The second-order valence-corrected chi connectivity index (χ2v) is 8.12. The molecule has 5 rings (SSSR count). The summed E-state index contributed by atoms with van der Waals surface area (Å²) in [6.45, 7) is 3.32. The van der Waals surface area contributed by atoms with Crippen LogP contribution in [0.4, 0.5) is 0 Å². The minimum Gasteiger partial charge on any atom is -0.372 e. The summed E-state index contributed by atoms with van der Waals surface area (Å²) in [5, 5.41) is 18.4. The first kappa shape index (κ1) is 20.0. The largest absolute Gasteiger partial charge is 0.372 e. The number of aromatic nitrogens is 4. The van der Waals surface area contributed by atoms with Gasteiger partial charge in [-0.1, -0.05) is 17.0 Å². The van der Waals surface area contributed by atoms with Crippen molar-refractivity contribution in [2.75, 3.05) is 0 Å². The van der Waals surface area contributed by atoms with E-state index in [2.05, 4.69) is 37.3 Å². The van der Waals surface area contributed by atoms with Gasteiger partial charge in [-0.2, -0.15) is 0 Å². The molecule has 160 valence electrons. The van der Waals surface area contributed by atoms with Crippen LogP contribution in [0.25, 0.3) is 22.2 Å². The van der Waals surface area contributed by atoms with E-state index in [0.717, 1.165) is 23.7 Å². The van der Waals surface area contributed by atoms with E-state index in [1.807, 2.05) is 18.2 Å². The Morgan fingerprint density at radius 2 is 2.16 bits per heavy atom. The fourth-order valence-electron chi connectivity index (χ4n) is 3.48. The summed E-state index contributed by atoms with van der Waals surface area (Å²) >= 11 is 0. The summed E-state index contributed by atoms with van der Waals surface area (Å²) < 4.78 is 5.05. The molecule has 3 aromatic heterocycles. The summed E-state index contributed by atoms with van der Waals surface area (Å²) in [5.41, 5.74) is 2.16. The molecule has 1 aliphatic rings. The van der Waals surface area contributed by atoms with Crippen molar-refractivity contribution in [3.63, 3.8) is 0 Å². The van der Waals surface area contributed by atoms with Crippen LogP contribution in [-0.4, -0.2) is 37.2 Å². The van der Waals surface area contributed by atoms with Gasteiger partial charge in [0.2, 0.25) is 0 Å². The van der Waals surface area contributed by atoms with Crippen LogP contribution in [0.15, 0.2) is 47.4 Å². The van der Waals surface area contributed by atoms with Gasteiger partial charge < -0.3 is 19.9 Å². The van der Waals surface area contributed by atoms with Crippen molar-refractivity contribution in [1.82, 2.24) is 25.4 Å². The third-order valence-corrected chi connectivity index (χ3v) is 5.35. The van der Waals surface area contributed by atoms with Gasteiger partial charge in [-0.05, 0) is 51.0 Å². The van der Waals surface area contributed by atoms with Crippen LogP contribution in [0, 0.1) is 18.8 Å². The third kappa shape index (κ3) is 3.86. The number of aryl methyl sites for hydroxylation is 1. The second-order valence-electron chi connectivity index (χ2n) is 8.12. The predicted molar refractivity (Wildman–Crippen MR) is 118 cm³/mol. The number of carbonyl (C=O) groups is 1. The van der Waals surface area contributed by atoms with Crippen molar-refractivity contribution >= 4 is 16.8 Å². The van der Waals surface area contributed by atoms with Gasteiger partial charge in [-0.15, -0.1) is 0 Å². The fourth-order valence-corrected chi connectivity index (χ4v) is 3.48. The van der Waals surface area contributed by atoms with Crippen molar-refractivity contribution < 1.29 is 14.4 Å². The SMILES string of the molecule is Cc1cc([C@](C)(O)C#Cc2ccc3[nH]c(C(=O)NC4CC4)c(-c4ccncn4)c3c2)no1. The Labute approximate surface area is 184 Å². The van der Waals surface area contributed by atoms with E-state index >= 15 is 0 Å². The molecule has 8 nitrogen and oxygen atoms in total. The number of hydrogen-bond acceptors (Lipinski definition) is 6. The van der Waals surface area contributed by atoms with Gasteiger partial charge in [0, 0.05) is 40.3 Å². The summed E-state index contributed by atoms with van der Waals surface area (Å²) in [6.07, 6.45) is 5.10. The molecular formula is C24H21N5O3. The molecule has 0 spiro atoms. The van der Waals surface area contributed by atoms with Gasteiger partial charge >= 0.3 is 0 Å². The van der Waals surface area contributed by atoms with Gasteiger partial charge in [0.1, 0.15) is 23.5 Å². The zero-order chi connectivity index (χ0) is 22.3. The lowest BCUT2D eigenvalue weighted by Crippen LogP contribution is -2.26. The monoisotopic (exact) mass is 427 g/mol. The van der Waals surface area contributed by atoms with E-state index < -0.39 is 5.60 Å². The lowest BCUT2D eigenvalue weighted by Gasteiger charge is -2.11. The van der Waals surface area contributed by atoms with Crippen LogP contribution in [0.1, 0.15) is 47.3 Å². The zero-order valence-corrected chi connectivity index (χ0v) is 17.6. The van der Waals surface area contributed by atoms with E-state index in [1.165, 1.54) is 6.33 Å². The number of aliphatic hydroxyl groups is 1. The molecule has 1 atom stereocenters. The molecular weight excluding hydrogens is 406 g/mol. The van der Waals surface area contributed by atoms with Crippen molar-refractivity contribution in [3.05, 3.63) is 65.6 Å². The Balaban J connectivity index is 1.58. The average Bonchev–Trinajstić information content (AvgIpc) is 3.34. The maximum Gasteiger partial charge on any atom is 0.268 e. The van der Waals surface area contributed by atoms with E-state index in [1.54, 1.807) is 32.2 Å². The molecule has 3 N–H and O–H groups in total. The fraction of sp³-hybridized carbons (Fsp3) is 0.250. The average molecular weight is 427 g/mol. The minimum absolute atomic E-state index is 0.158. The molecule has 0 aliphatic heterocycles. The van der Waals surface area contributed by atoms with Crippen LogP contribution >= 0.6 is 0 Å². The highest BCUT2D eigenvalue weighted by atomic mass is 16.5. The van der Waals surface area contributed by atoms with E-state index in [9.17, 15) is 9.90 Å². The maximum absolute atomic E-state index is 12.9. The predicted octanol–water partition coefficient (Wildman–Crippen LogP) is 3.07. The molecule has 1 fully saturated rings. The molecule has 0 saturated heterocycles. The number of carbonyl (C=O) groups excluding carboxylic acids is 1. The van der Waals surface area contributed by atoms with E-state index in [-0.39, 0.29) is 11.9 Å². The minimum atomic E-state index is -1.46. The second kappa shape index (κ2) is 7.62. The molecule has 1 aliphatic carbocycles. The van der Waals surface area contributed by atoms with E-state index in [0.29, 0.717) is 34.0 Å². The maximum atomic E-state index is 12.9. The highest BCUT2D eigenvalue weighted by molar-refractivity contribution is 6.09. The number of hydrogen-bond donors (Lipinski definition) is 3. The summed E-state index contributed by atoms with van der Waals surface area (Å²) in [4.78, 5) is 24.5. The normalized spacial score (nSPS) is 15.1. The highest BCUT2D eigenvalue weighted by Gasteiger charge is 2.27. The standard InChI is InChI=1S/C24H21N5O3/c1-14-11-20(29-32-14)24(2,31)9-7-15-3-6-18-17(12-15)21(19-8-10-25-13-26-19)22(28-18)23(30)27-16-4-5-16/h3,6,8,10-13,16,28,31H,4-5H2,1-2H3,(H,27,30)/t24-/m1/s1. The quantitative estimate of drug-likeness (QED) is 0.431. The first-order valence-electron chi connectivity index (χ1n) is 10.3. The van der Waals surface area contributed by atoms with Gasteiger partial charge in [-0.3, -0.25) is 4.79 Å². The number of rotatable bonds is 4. The molecule has 8 heteroatoms. The van der Waals surface area contributed by atoms with E-state index in [4.69, 9.17) is 4.52 Å². The van der Waals surface area contributed by atoms with Gasteiger partial charge in [-0.25, -0.2) is 9.97 Å². The summed E-state index contributed by atoms with van der Waals surface area (Å²) in [7, 11) is 0. The smallest absolute Gasteiger partial charge is 0.268 e. The summed E-state index contributed by atoms with van der Waals surface area (Å²) in [6, 6.07) is 9.24. The number of H-pyrrole nitrogens is 1. The molecule has 0 bridgehead atoms. The third-order valence-electron chi connectivity index (χ3n) is 5.35. The Kier molecular flexibility index (Phi) is 4.76. The number of nitrogens with one attached hydrogen (secondary N) is 2. The van der Waals surface area contributed by atoms with Crippen LogP contribution < -0.4 is 5.32 Å². The number of nitrogens with zero attached hydrogens (tertiary/aromatic N) is 3. The first-order chi connectivity index (χ1) is 15.4. The van der Waals surface area contributed by atoms with Crippen LogP contribution in [-0.2, 0) is 5.60 Å². The van der Waals surface area contributed by atoms with Gasteiger partial charge in [0.25, 0.3) is 5.91 Å². The Morgan fingerprint density at radius 1 is 1.31 bits per heavy atom. The number of aromatic amines is 1. The first-order valence-corrected chi connectivity index (χ1v) is 10.3. The molecule has 1 saturated carbocycles. The van der Waals surface area contributed by atoms with Crippen LogP contribution in [0.5, 0.6) is 0 Å². The molecule has 3 heterocycles. The molecule has 0 radical (unpaired) electrons. The highest BCUT2D eigenvalue weighted by Crippen LogP contribution is 2.32. The number of amides is 1. The van der Waals surface area contributed by atoms with Gasteiger partial charge in [0.15, 0.2) is 5.60 Å². The number of fused-ring (bicyclic) bond motifs is 1. The topological polar surface area (TPSA) is 117 Å². The molecule has 1 amide bonds. The van der Waals surface area contributed by atoms with Crippen LogP contribution in [0.2, 0.25) is 0 Å². The Hall–Kier alpha value is -3.96. The lowest BCUT2D eigenvalue weighted by atomic mass is 10.0. The van der Waals surface area contributed by atoms with Crippen molar-refractivity contribution in [2.24, 2.45) is 0 Å². The Bertz CT molecular complexity index is 1370. The van der Waals surface area contributed by atoms with Crippen molar-refractivity contribution in [2.45, 2.75) is 38.3 Å². The molecule has 4 aromatic rings. The lowest BCUT2D eigenvalue weighted by molar-refractivity contribution is 0.0947. The summed E-state index contributed by atoms with van der Waals surface area (Å²) in [5.74, 6) is 6.32. The molecule has 1 aromatic carbocycles.